The Morgan fingerprint density at radius 2 is 1.95 bits per heavy atom. The van der Waals surface area contributed by atoms with Gasteiger partial charge in [-0.2, -0.15) is 0 Å². The number of thiazole rings is 1. The summed E-state index contributed by atoms with van der Waals surface area (Å²) < 4.78 is 5.85. The lowest BCUT2D eigenvalue weighted by Crippen LogP contribution is -2.30. The van der Waals surface area contributed by atoms with Gasteiger partial charge in [-0.25, -0.2) is 4.98 Å². The Hall–Kier alpha value is -1.20. The molecule has 0 aliphatic heterocycles. The average Bonchev–Trinajstić information content (AvgIpc) is 2.88. The Balaban J connectivity index is 2.34. The molecule has 1 aromatic heterocycles. The van der Waals surface area contributed by atoms with Crippen molar-refractivity contribution in [2.45, 2.75) is 19.3 Å². The SMILES string of the molecule is COC(=O)C(C)(C)c1nc(-c2ccc(Br)cc2)cs1. The first kappa shape index (κ1) is 14.2. The van der Waals surface area contributed by atoms with E-state index in [1.54, 1.807) is 0 Å². The van der Waals surface area contributed by atoms with Gasteiger partial charge in [-0.3, -0.25) is 4.79 Å². The minimum atomic E-state index is -0.715. The summed E-state index contributed by atoms with van der Waals surface area (Å²) in [5.41, 5.74) is 1.20. The van der Waals surface area contributed by atoms with Crippen LogP contribution in [0.4, 0.5) is 0 Å². The molecule has 19 heavy (non-hydrogen) atoms. The fraction of sp³-hybridized carbons (Fsp3) is 0.286. The molecule has 0 saturated heterocycles. The van der Waals surface area contributed by atoms with Crippen LogP contribution in [0.5, 0.6) is 0 Å². The van der Waals surface area contributed by atoms with Crippen LogP contribution in [0.2, 0.25) is 0 Å². The van der Waals surface area contributed by atoms with Crippen molar-refractivity contribution < 1.29 is 9.53 Å². The number of halogens is 1. The normalized spacial score (nSPS) is 11.4. The summed E-state index contributed by atoms with van der Waals surface area (Å²) in [6.07, 6.45) is 0. The number of ether oxygens (including phenoxy) is 1. The topological polar surface area (TPSA) is 39.2 Å². The molecule has 0 fully saturated rings. The van der Waals surface area contributed by atoms with E-state index in [9.17, 15) is 4.79 Å². The Bertz CT molecular complexity index is 590. The molecule has 0 amide bonds. The van der Waals surface area contributed by atoms with E-state index in [2.05, 4.69) is 20.9 Å². The molecule has 5 heteroatoms. The van der Waals surface area contributed by atoms with Crippen molar-refractivity contribution in [2.24, 2.45) is 0 Å². The highest BCUT2D eigenvalue weighted by Crippen LogP contribution is 2.31. The maximum atomic E-state index is 11.8. The number of carbonyl (C=O) groups excluding carboxylic acids is 1. The number of rotatable bonds is 3. The lowest BCUT2D eigenvalue weighted by Gasteiger charge is -2.18. The molecule has 2 rings (SSSR count). The lowest BCUT2D eigenvalue weighted by molar-refractivity contribution is -0.146. The zero-order valence-electron chi connectivity index (χ0n) is 10.9. The van der Waals surface area contributed by atoms with Gasteiger partial charge in [-0.05, 0) is 26.0 Å². The summed E-state index contributed by atoms with van der Waals surface area (Å²) in [5.74, 6) is -0.274. The van der Waals surface area contributed by atoms with Crippen LogP contribution in [0.1, 0.15) is 18.9 Å². The molecule has 100 valence electrons. The van der Waals surface area contributed by atoms with Gasteiger partial charge in [0.2, 0.25) is 0 Å². The highest BCUT2D eigenvalue weighted by atomic mass is 79.9. The molecule has 0 aliphatic carbocycles. The zero-order chi connectivity index (χ0) is 14.0. The van der Waals surface area contributed by atoms with Crippen LogP contribution in [0.25, 0.3) is 11.3 Å². The van der Waals surface area contributed by atoms with Crippen LogP contribution < -0.4 is 0 Å². The van der Waals surface area contributed by atoms with E-state index in [4.69, 9.17) is 4.74 Å². The van der Waals surface area contributed by atoms with Gasteiger partial charge in [0.1, 0.15) is 10.4 Å². The summed E-state index contributed by atoms with van der Waals surface area (Å²) in [6.45, 7) is 3.64. The molecule has 0 spiro atoms. The van der Waals surface area contributed by atoms with Crippen molar-refractivity contribution in [1.29, 1.82) is 0 Å². The summed E-state index contributed by atoms with van der Waals surface area (Å²) in [5, 5.41) is 2.72. The summed E-state index contributed by atoms with van der Waals surface area (Å²) >= 11 is 4.88. The minimum absolute atomic E-state index is 0.274. The van der Waals surface area contributed by atoms with Crippen LogP contribution in [-0.2, 0) is 14.9 Å². The highest BCUT2D eigenvalue weighted by Gasteiger charge is 2.34. The van der Waals surface area contributed by atoms with Crippen LogP contribution >= 0.6 is 27.3 Å². The third-order valence-electron chi connectivity index (χ3n) is 2.87. The largest absolute Gasteiger partial charge is 0.468 e. The van der Waals surface area contributed by atoms with E-state index < -0.39 is 5.41 Å². The van der Waals surface area contributed by atoms with E-state index in [0.29, 0.717) is 0 Å². The maximum absolute atomic E-state index is 11.8. The summed E-state index contributed by atoms with van der Waals surface area (Å²) in [6, 6.07) is 7.93. The maximum Gasteiger partial charge on any atom is 0.318 e. The average molecular weight is 340 g/mol. The molecule has 1 aromatic carbocycles. The van der Waals surface area contributed by atoms with Crippen molar-refractivity contribution in [1.82, 2.24) is 4.98 Å². The van der Waals surface area contributed by atoms with E-state index in [0.717, 1.165) is 20.7 Å². The number of esters is 1. The van der Waals surface area contributed by atoms with Crippen molar-refractivity contribution in [3.8, 4) is 11.3 Å². The third kappa shape index (κ3) is 2.87. The van der Waals surface area contributed by atoms with Gasteiger partial charge in [0.05, 0.1) is 12.8 Å². The van der Waals surface area contributed by atoms with Gasteiger partial charge in [-0.15, -0.1) is 11.3 Å². The quantitative estimate of drug-likeness (QED) is 0.792. The second kappa shape index (κ2) is 5.43. The molecule has 1 heterocycles. The molecular weight excluding hydrogens is 326 g/mol. The second-order valence-corrected chi connectivity index (χ2v) is 6.44. The first-order chi connectivity index (χ1) is 8.95. The van der Waals surface area contributed by atoms with Gasteiger partial charge in [-0.1, -0.05) is 28.1 Å². The van der Waals surface area contributed by atoms with Crippen LogP contribution in [0.3, 0.4) is 0 Å². The number of nitrogens with zero attached hydrogens (tertiary/aromatic N) is 1. The molecule has 0 atom stereocenters. The molecule has 0 N–H and O–H groups in total. The number of hydrogen-bond donors (Lipinski definition) is 0. The summed E-state index contributed by atoms with van der Waals surface area (Å²) in [7, 11) is 1.40. The van der Waals surface area contributed by atoms with Gasteiger partial charge >= 0.3 is 5.97 Å². The Labute approximate surface area is 124 Å². The Morgan fingerprint density at radius 1 is 1.32 bits per heavy atom. The van der Waals surface area contributed by atoms with E-state index in [-0.39, 0.29) is 5.97 Å². The van der Waals surface area contributed by atoms with E-state index in [1.807, 2.05) is 43.5 Å². The molecule has 0 radical (unpaired) electrons. The molecule has 0 unspecified atom stereocenters. The van der Waals surface area contributed by atoms with E-state index >= 15 is 0 Å². The molecule has 0 saturated carbocycles. The van der Waals surface area contributed by atoms with Crippen molar-refractivity contribution in [3.05, 3.63) is 39.1 Å². The highest BCUT2D eigenvalue weighted by molar-refractivity contribution is 9.10. The van der Waals surface area contributed by atoms with Crippen molar-refractivity contribution in [2.75, 3.05) is 7.11 Å². The zero-order valence-corrected chi connectivity index (χ0v) is 13.3. The van der Waals surface area contributed by atoms with Crippen molar-refractivity contribution >= 4 is 33.2 Å². The minimum Gasteiger partial charge on any atom is -0.468 e. The third-order valence-corrected chi connectivity index (χ3v) is 4.57. The Kier molecular flexibility index (Phi) is 4.06. The van der Waals surface area contributed by atoms with Gasteiger partial charge in [0.15, 0.2) is 0 Å². The van der Waals surface area contributed by atoms with Gasteiger partial charge in [0.25, 0.3) is 0 Å². The molecule has 2 aromatic rings. The lowest BCUT2D eigenvalue weighted by atomic mass is 9.95. The van der Waals surface area contributed by atoms with E-state index in [1.165, 1.54) is 18.4 Å². The predicted octanol–water partition coefficient (Wildman–Crippen LogP) is 4.02. The Morgan fingerprint density at radius 3 is 2.53 bits per heavy atom. The predicted molar refractivity (Wildman–Crippen MR) is 80.3 cm³/mol. The fourth-order valence-electron chi connectivity index (χ4n) is 1.66. The van der Waals surface area contributed by atoms with Crippen LogP contribution in [0, 0.1) is 0 Å². The number of carbonyl (C=O) groups is 1. The molecular formula is C14H14BrNO2S. The number of hydrogen-bond acceptors (Lipinski definition) is 4. The fourth-order valence-corrected chi connectivity index (χ4v) is 2.86. The smallest absolute Gasteiger partial charge is 0.318 e. The first-order valence-electron chi connectivity index (χ1n) is 5.75. The summed E-state index contributed by atoms with van der Waals surface area (Å²) in [4.78, 5) is 16.3. The standard InChI is InChI=1S/C14H14BrNO2S/c1-14(2,13(17)18-3)12-16-11(8-19-12)9-4-6-10(15)7-5-9/h4-8H,1-3H3. The molecule has 0 bridgehead atoms. The van der Waals surface area contributed by atoms with Crippen LogP contribution in [0.15, 0.2) is 34.1 Å². The van der Waals surface area contributed by atoms with Gasteiger partial charge < -0.3 is 4.74 Å². The number of benzene rings is 1. The molecule has 0 aliphatic rings. The first-order valence-corrected chi connectivity index (χ1v) is 7.43. The number of aromatic nitrogens is 1. The molecule has 3 nitrogen and oxygen atoms in total. The van der Waals surface area contributed by atoms with Gasteiger partial charge in [0, 0.05) is 15.4 Å². The second-order valence-electron chi connectivity index (χ2n) is 4.66. The number of methoxy groups -OCH3 is 1. The monoisotopic (exact) mass is 339 g/mol. The van der Waals surface area contributed by atoms with Crippen LogP contribution in [-0.4, -0.2) is 18.1 Å². The van der Waals surface area contributed by atoms with Crippen molar-refractivity contribution in [3.63, 3.8) is 0 Å².